The summed E-state index contributed by atoms with van der Waals surface area (Å²) in [6.07, 6.45) is 0. The van der Waals surface area contributed by atoms with Crippen molar-refractivity contribution in [1.82, 2.24) is 0 Å². The van der Waals surface area contributed by atoms with E-state index in [1.54, 1.807) is 0 Å². The van der Waals surface area contributed by atoms with Gasteiger partial charge in [0, 0.05) is 44.5 Å². The second-order valence-corrected chi connectivity index (χ2v) is 58.4. The maximum absolute atomic E-state index is 8.59. The molecule has 0 amide bonds. The Kier molecular flexibility index (Phi) is 29.1. The fourth-order valence-electron chi connectivity index (χ4n) is 16.7. The third kappa shape index (κ3) is 22.7. The molecule has 0 bridgehead atoms. The molecule has 1 N–H and O–H groups in total. The minimum absolute atomic E-state index is 0.0143. The van der Waals surface area contributed by atoms with Crippen molar-refractivity contribution < 1.29 is 14.7 Å². The highest BCUT2D eigenvalue weighted by atomic mass is 31.2. The van der Waals surface area contributed by atoms with Crippen molar-refractivity contribution in [1.29, 1.82) is 0 Å². The third-order valence-corrected chi connectivity index (χ3v) is 33.2. The van der Waals surface area contributed by atoms with Crippen LogP contribution in [0.1, 0.15) is 421 Å². The molecule has 0 radical (unpaired) electrons. The van der Waals surface area contributed by atoms with Gasteiger partial charge in [0.15, 0.2) is 0 Å². The summed E-state index contributed by atoms with van der Waals surface area (Å²) < 4.78 is 0. The van der Waals surface area contributed by atoms with Crippen LogP contribution < -0.4 is 52.2 Å². The largest absolute Gasteiger partial charge is 0.820 e. The highest BCUT2D eigenvalue weighted by molar-refractivity contribution is 8.02. The van der Waals surface area contributed by atoms with E-state index in [9.17, 15) is 0 Å². The van der Waals surface area contributed by atoms with E-state index < -0.39 is 23.1 Å². The van der Waals surface area contributed by atoms with Crippen LogP contribution in [0.5, 0.6) is 0 Å². The molecule has 0 aliphatic rings. The molecule has 6 heteroatoms. The first kappa shape index (κ1) is 102. The van der Waals surface area contributed by atoms with Gasteiger partial charge in [0.2, 0.25) is 0 Å². The van der Waals surface area contributed by atoms with Gasteiger partial charge in [-0.05, 0) is 180 Å². The van der Waals surface area contributed by atoms with Crippen LogP contribution in [0.25, 0.3) is 0 Å². The monoisotopic (exact) mass is 1660 g/mol. The van der Waals surface area contributed by atoms with E-state index in [2.05, 4.69) is 478 Å². The summed E-state index contributed by atoms with van der Waals surface area (Å²) in [4.78, 5) is 24.2. The molecular formula is C112H169O3P3. The van der Waals surface area contributed by atoms with E-state index in [1.807, 2.05) is 0 Å². The van der Waals surface area contributed by atoms with Crippen molar-refractivity contribution in [2.24, 2.45) is 0 Å². The maximum atomic E-state index is 8.59. The molecule has 0 unspecified atom stereocenters. The Morgan fingerprint density at radius 1 is 0.161 bits per heavy atom. The molecule has 0 heterocycles. The highest BCUT2D eigenvalue weighted by Gasteiger charge is 2.59. The van der Waals surface area contributed by atoms with Gasteiger partial charge in [-0.25, -0.2) is 0 Å². The molecule has 0 saturated carbocycles. The van der Waals surface area contributed by atoms with Crippen LogP contribution in [0.15, 0.2) is 146 Å². The molecular weight excluding hydrogens is 1490 g/mol. The molecule has 3 nitrogen and oxygen atoms in total. The van der Waals surface area contributed by atoms with E-state index in [1.165, 1.54) is 131 Å². The van der Waals surface area contributed by atoms with Crippen LogP contribution in [0.3, 0.4) is 0 Å². The topological polar surface area (TPSA) is 66.3 Å². The Labute approximate surface area is 729 Å². The van der Waals surface area contributed by atoms with Gasteiger partial charge in [-0.3, -0.25) is 0 Å². The van der Waals surface area contributed by atoms with Crippen LogP contribution >= 0.6 is 23.1 Å². The molecule has 8 aromatic carbocycles. The zero-order valence-electron chi connectivity index (χ0n) is 84.5. The lowest BCUT2D eigenvalue weighted by atomic mass is 9.80. The van der Waals surface area contributed by atoms with Crippen molar-refractivity contribution in [3.63, 3.8) is 0 Å². The van der Waals surface area contributed by atoms with Crippen LogP contribution in [0.2, 0.25) is 0 Å². The Balaban J connectivity index is 0.000000350. The maximum Gasteiger partial charge on any atom is 0.145 e. The third-order valence-electron chi connectivity index (χ3n) is 24.3. The predicted octanol–water partition coefficient (Wildman–Crippen LogP) is 27.3. The Morgan fingerprint density at radius 3 is 0.297 bits per heavy atom. The highest BCUT2D eigenvalue weighted by Crippen LogP contribution is 2.64. The number of rotatable bonds is 8. The van der Waals surface area contributed by atoms with Gasteiger partial charge in [0.1, 0.15) is 57.0 Å². The second-order valence-electron chi connectivity index (χ2n) is 51.4. The minimum Gasteiger partial charge on any atom is -0.820 e. The number of benzene rings is 8. The standard InChI is InChI=1S/2C56H84P.HO3P/c2*1-49(2,3)37-25-29-45(41(33-37)53(13,14)15)57(46-30-26-38(50(4,5)6)34-42(46)54(16,17)18,47-31-27-39(51(7,8)9)35-43(47)55(19,20)21)48-32-28-40(52(10,11)12)36-44(48)56(22,23)24;1-4(2)3/h2*25-36H,1-24H3;1H/q2*+1;-2. The van der Waals surface area contributed by atoms with Crippen LogP contribution in [0, 0.1) is 0 Å². The number of hydrogen-bond acceptors (Lipinski definition) is 3. The summed E-state index contributed by atoms with van der Waals surface area (Å²) in [5.74, 6) is 0. The van der Waals surface area contributed by atoms with Gasteiger partial charge in [-0.15, -0.1) is 0 Å². The fraction of sp³-hybridized carbons (Fsp3) is 0.571. The van der Waals surface area contributed by atoms with Crippen molar-refractivity contribution in [3.8, 4) is 0 Å². The first-order valence-corrected chi connectivity index (χ1v) is 49.0. The fourth-order valence-corrected chi connectivity index (χ4v) is 28.3. The quantitative estimate of drug-likeness (QED) is 0.154. The first-order valence-electron chi connectivity index (χ1n) is 44.3. The molecule has 0 atom stereocenters. The van der Waals surface area contributed by atoms with E-state index in [0.717, 1.165) is 0 Å². The molecule has 0 aromatic heterocycles. The van der Waals surface area contributed by atoms with Crippen LogP contribution in [-0.2, 0) is 86.6 Å². The predicted molar refractivity (Wildman–Crippen MR) is 531 cm³/mol. The smallest absolute Gasteiger partial charge is 0.145 e. The lowest BCUT2D eigenvalue weighted by Gasteiger charge is -2.41. The zero-order valence-corrected chi connectivity index (χ0v) is 87.1. The van der Waals surface area contributed by atoms with Gasteiger partial charge in [0.25, 0.3) is 0 Å². The van der Waals surface area contributed by atoms with Crippen molar-refractivity contribution in [2.45, 2.75) is 419 Å². The Hall–Kier alpha value is -5.07. The minimum atomic E-state index is -3.12. The molecule has 118 heavy (non-hydrogen) atoms. The van der Waals surface area contributed by atoms with Gasteiger partial charge < -0.3 is 14.7 Å². The summed E-state index contributed by atoms with van der Waals surface area (Å²) >= 11 is 0. The summed E-state index contributed by atoms with van der Waals surface area (Å²) in [7, 11) is -8.58. The summed E-state index contributed by atoms with van der Waals surface area (Å²) in [5, 5.41) is 12.0. The Bertz CT molecular complexity index is 3930. The van der Waals surface area contributed by atoms with Gasteiger partial charge in [-0.1, -0.05) is 429 Å². The molecule has 8 aromatic rings. The molecule has 0 saturated heterocycles. The normalized spacial score (nSPS) is 14.1. The second kappa shape index (κ2) is 33.8. The molecule has 0 spiro atoms. The van der Waals surface area contributed by atoms with Gasteiger partial charge in [-0.2, -0.15) is 8.60 Å². The molecule has 8 rings (SSSR count). The van der Waals surface area contributed by atoms with Crippen LogP contribution in [0.4, 0.5) is 0 Å². The van der Waals surface area contributed by atoms with E-state index >= 15 is 0 Å². The molecule has 650 valence electrons. The zero-order chi connectivity index (χ0) is 91.4. The van der Waals surface area contributed by atoms with Crippen molar-refractivity contribution in [2.75, 3.05) is 0 Å². The molecule has 0 fully saturated rings. The average molecular weight is 1660 g/mol. The van der Waals surface area contributed by atoms with E-state index in [-0.39, 0.29) is 86.6 Å². The van der Waals surface area contributed by atoms with Crippen molar-refractivity contribution >= 4 is 65.6 Å². The van der Waals surface area contributed by atoms with E-state index in [4.69, 9.17) is 14.7 Å². The van der Waals surface area contributed by atoms with Gasteiger partial charge >= 0.3 is 0 Å². The van der Waals surface area contributed by atoms with Crippen LogP contribution in [-0.4, -0.2) is 4.89 Å². The number of hydrogen-bond donors (Lipinski definition) is 1. The van der Waals surface area contributed by atoms with Crippen molar-refractivity contribution in [3.05, 3.63) is 235 Å². The van der Waals surface area contributed by atoms with E-state index in [0.29, 0.717) is 0 Å². The molecule has 0 aliphatic carbocycles. The van der Waals surface area contributed by atoms with Gasteiger partial charge in [0.05, 0.1) is 0 Å². The molecule has 0 aliphatic heterocycles. The SMILES string of the molecule is CC(C)(C)c1ccc([P+](c2ccc(C(C)(C)C)cc2C(C)(C)C)(c2ccc(C(C)(C)C)cc2C(C)(C)C)c2ccc(C(C)(C)C)cc2C(C)(C)C)c(C(C)(C)C)c1.CC(C)(C)c1ccc([P+](c2ccc(C(C)(C)C)cc2C(C)(C)C)(c2ccc(C(C)(C)C)cc2C(C)(C)C)c2ccc(C(C)(C)C)cc2C(C)(C)C)c(C(C)(C)C)c1.[O-]P([O-])O. The lowest BCUT2D eigenvalue weighted by molar-refractivity contribution is -0.313. The first-order chi connectivity index (χ1) is 52.4. The summed E-state index contributed by atoms with van der Waals surface area (Å²) in [6.45, 7) is 115. The lowest BCUT2D eigenvalue weighted by Crippen LogP contribution is -2.48. The summed E-state index contributed by atoms with van der Waals surface area (Å²) in [5.41, 5.74) is 22.0. The average Bonchev–Trinajstić information content (AvgIpc) is 0.695. The Morgan fingerprint density at radius 2 is 0.237 bits per heavy atom. The summed E-state index contributed by atoms with van der Waals surface area (Å²) in [6, 6.07) is 61.5.